The first kappa shape index (κ1) is 14.6. The number of nitrogens with zero attached hydrogens (tertiary/aromatic N) is 3. The summed E-state index contributed by atoms with van der Waals surface area (Å²) in [4.78, 5) is 17.5. The van der Waals surface area contributed by atoms with Gasteiger partial charge in [-0.15, -0.1) is 11.8 Å². The van der Waals surface area contributed by atoms with E-state index in [-0.39, 0.29) is 0 Å². The Balaban J connectivity index is 2.01. The molecule has 2 aromatic heterocycles. The van der Waals surface area contributed by atoms with Gasteiger partial charge >= 0.3 is 5.97 Å². The van der Waals surface area contributed by atoms with E-state index in [1.54, 1.807) is 23.9 Å². The van der Waals surface area contributed by atoms with E-state index in [0.29, 0.717) is 23.6 Å². The molecule has 3 rings (SSSR count). The Morgan fingerprint density at radius 3 is 2.82 bits per heavy atom. The van der Waals surface area contributed by atoms with Crippen molar-refractivity contribution in [2.45, 2.75) is 11.3 Å². The van der Waals surface area contributed by atoms with Gasteiger partial charge in [-0.1, -0.05) is 24.3 Å². The summed E-state index contributed by atoms with van der Waals surface area (Å²) in [7, 11) is 1.35. The molecule has 2 heterocycles. The maximum Gasteiger partial charge on any atom is 0.356 e. The van der Waals surface area contributed by atoms with Gasteiger partial charge in [0, 0.05) is 11.3 Å². The van der Waals surface area contributed by atoms with Crippen LogP contribution in [0.5, 0.6) is 0 Å². The fourth-order valence-electron chi connectivity index (χ4n) is 2.30. The molecule has 0 saturated carbocycles. The van der Waals surface area contributed by atoms with Gasteiger partial charge in [0.05, 0.1) is 7.11 Å². The van der Waals surface area contributed by atoms with Crippen LogP contribution >= 0.6 is 11.8 Å². The molecule has 3 aromatic rings. The first-order valence-electron chi connectivity index (χ1n) is 6.78. The Labute approximate surface area is 132 Å². The van der Waals surface area contributed by atoms with Gasteiger partial charge in [-0.2, -0.15) is 5.10 Å². The van der Waals surface area contributed by atoms with Crippen molar-refractivity contribution >= 4 is 23.4 Å². The van der Waals surface area contributed by atoms with Crippen LogP contribution in [0, 0.1) is 0 Å². The Morgan fingerprint density at radius 2 is 2.05 bits per heavy atom. The van der Waals surface area contributed by atoms with Crippen LogP contribution in [0.2, 0.25) is 0 Å². The minimum atomic E-state index is -0.424. The first-order valence-corrected chi connectivity index (χ1v) is 8.00. The topological polar surface area (TPSA) is 56.5 Å². The SMILES string of the molecule is COC(=O)c1cccc2nc(Cc3ccccc3SC)nn12. The Kier molecular flexibility index (Phi) is 4.11. The summed E-state index contributed by atoms with van der Waals surface area (Å²) in [6.07, 6.45) is 2.67. The molecule has 0 bridgehead atoms. The highest BCUT2D eigenvalue weighted by molar-refractivity contribution is 7.98. The third-order valence-electron chi connectivity index (χ3n) is 3.34. The van der Waals surface area contributed by atoms with E-state index in [2.05, 4.69) is 22.2 Å². The molecule has 0 amide bonds. The third-order valence-corrected chi connectivity index (χ3v) is 4.18. The monoisotopic (exact) mass is 313 g/mol. The van der Waals surface area contributed by atoms with Crippen molar-refractivity contribution in [2.24, 2.45) is 0 Å². The first-order chi connectivity index (χ1) is 10.7. The van der Waals surface area contributed by atoms with Crippen molar-refractivity contribution in [1.29, 1.82) is 0 Å². The number of esters is 1. The smallest absolute Gasteiger partial charge is 0.356 e. The van der Waals surface area contributed by atoms with Gasteiger partial charge in [0.1, 0.15) is 0 Å². The van der Waals surface area contributed by atoms with Crippen molar-refractivity contribution in [3.05, 3.63) is 59.5 Å². The number of hydrogen-bond acceptors (Lipinski definition) is 5. The summed E-state index contributed by atoms with van der Waals surface area (Å²) in [5, 5.41) is 4.45. The van der Waals surface area contributed by atoms with Gasteiger partial charge in [-0.25, -0.2) is 14.3 Å². The number of ether oxygens (including phenoxy) is 1. The molecule has 0 saturated heterocycles. The molecule has 0 N–H and O–H groups in total. The molecule has 0 aliphatic carbocycles. The molecule has 0 aliphatic heterocycles. The van der Waals surface area contributed by atoms with Crippen molar-refractivity contribution in [3.63, 3.8) is 0 Å². The van der Waals surface area contributed by atoms with Gasteiger partial charge < -0.3 is 4.74 Å². The fourth-order valence-corrected chi connectivity index (χ4v) is 2.92. The van der Waals surface area contributed by atoms with E-state index < -0.39 is 5.97 Å². The highest BCUT2D eigenvalue weighted by atomic mass is 32.2. The molecule has 0 spiro atoms. The zero-order valence-electron chi connectivity index (χ0n) is 12.3. The Morgan fingerprint density at radius 1 is 1.23 bits per heavy atom. The number of fused-ring (bicyclic) bond motifs is 1. The largest absolute Gasteiger partial charge is 0.464 e. The second-order valence-electron chi connectivity index (χ2n) is 4.69. The second kappa shape index (κ2) is 6.19. The average Bonchev–Trinajstić information content (AvgIpc) is 2.96. The van der Waals surface area contributed by atoms with Crippen molar-refractivity contribution < 1.29 is 9.53 Å². The van der Waals surface area contributed by atoms with E-state index >= 15 is 0 Å². The molecule has 0 atom stereocenters. The number of benzene rings is 1. The number of methoxy groups -OCH3 is 1. The van der Waals surface area contributed by atoms with Gasteiger partial charge in [0.15, 0.2) is 17.2 Å². The molecule has 0 radical (unpaired) electrons. The Bertz CT molecular complexity index is 829. The molecule has 1 aromatic carbocycles. The lowest BCUT2D eigenvalue weighted by Gasteiger charge is -2.03. The maximum atomic E-state index is 11.8. The number of pyridine rings is 1. The molecule has 22 heavy (non-hydrogen) atoms. The minimum Gasteiger partial charge on any atom is -0.464 e. The summed E-state index contributed by atoms with van der Waals surface area (Å²) in [6.45, 7) is 0. The van der Waals surface area contributed by atoms with Crippen LogP contribution in [-0.2, 0) is 11.2 Å². The highest BCUT2D eigenvalue weighted by Gasteiger charge is 2.14. The van der Waals surface area contributed by atoms with Crippen LogP contribution in [0.3, 0.4) is 0 Å². The van der Waals surface area contributed by atoms with Gasteiger partial charge in [-0.05, 0) is 30.0 Å². The second-order valence-corrected chi connectivity index (χ2v) is 5.54. The lowest BCUT2D eigenvalue weighted by atomic mass is 10.1. The predicted octanol–water partition coefficient (Wildman–Crippen LogP) is 2.83. The molecule has 0 aliphatic rings. The quantitative estimate of drug-likeness (QED) is 0.547. The van der Waals surface area contributed by atoms with Crippen LogP contribution in [0.1, 0.15) is 21.9 Å². The van der Waals surface area contributed by atoms with Crippen LogP contribution in [0.4, 0.5) is 0 Å². The van der Waals surface area contributed by atoms with Gasteiger partial charge in [0.25, 0.3) is 0 Å². The average molecular weight is 313 g/mol. The fraction of sp³-hybridized carbons (Fsp3) is 0.188. The van der Waals surface area contributed by atoms with Gasteiger partial charge in [0.2, 0.25) is 0 Å². The maximum absolute atomic E-state index is 11.8. The zero-order valence-corrected chi connectivity index (χ0v) is 13.1. The number of thioether (sulfide) groups is 1. The van der Waals surface area contributed by atoms with E-state index in [9.17, 15) is 4.79 Å². The van der Waals surface area contributed by atoms with Crippen LogP contribution < -0.4 is 0 Å². The number of hydrogen-bond donors (Lipinski definition) is 0. The molecule has 6 heteroatoms. The molecule has 5 nitrogen and oxygen atoms in total. The third kappa shape index (κ3) is 2.69. The number of rotatable bonds is 4. The molecule has 0 fully saturated rings. The lowest BCUT2D eigenvalue weighted by molar-refractivity contribution is 0.0591. The van der Waals surface area contributed by atoms with Crippen LogP contribution in [-0.4, -0.2) is 33.9 Å². The van der Waals surface area contributed by atoms with Crippen molar-refractivity contribution in [1.82, 2.24) is 14.6 Å². The lowest BCUT2D eigenvalue weighted by Crippen LogP contribution is -2.08. The van der Waals surface area contributed by atoms with Crippen molar-refractivity contribution in [3.8, 4) is 0 Å². The van der Waals surface area contributed by atoms with Crippen molar-refractivity contribution in [2.75, 3.05) is 13.4 Å². The minimum absolute atomic E-state index is 0.372. The van der Waals surface area contributed by atoms with Crippen LogP contribution in [0.15, 0.2) is 47.4 Å². The summed E-state index contributed by atoms with van der Waals surface area (Å²) in [5.74, 6) is 0.254. The van der Waals surface area contributed by atoms with Crippen LogP contribution in [0.25, 0.3) is 5.65 Å². The van der Waals surface area contributed by atoms with E-state index in [4.69, 9.17) is 4.74 Å². The van der Waals surface area contributed by atoms with Gasteiger partial charge in [-0.3, -0.25) is 0 Å². The molecular formula is C16H15N3O2S. The Hall–Kier alpha value is -2.34. The molecular weight excluding hydrogens is 298 g/mol. The predicted molar refractivity (Wildman–Crippen MR) is 85.4 cm³/mol. The zero-order chi connectivity index (χ0) is 15.5. The number of carbonyl (C=O) groups is 1. The normalized spacial score (nSPS) is 10.8. The number of aromatic nitrogens is 3. The van der Waals surface area contributed by atoms with E-state index in [1.165, 1.54) is 22.1 Å². The summed E-state index contributed by atoms with van der Waals surface area (Å²) < 4.78 is 6.31. The van der Waals surface area contributed by atoms with E-state index in [1.807, 2.05) is 24.5 Å². The molecule has 0 unspecified atom stereocenters. The number of carbonyl (C=O) groups excluding carboxylic acids is 1. The molecule has 112 valence electrons. The van der Waals surface area contributed by atoms with E-state index in [0.717, 1.165) is 0 Å². The standard InChI is InChI=1S/C16H15N3O2S/c1-21-16(20)12-7-5-9-15-17-14(18-19(12)15)10-11-6-3-4-8-13(11)22-2/h3-9H,10H2,1-2H3. The summed E-state index contributed by atoms with van der Waals surface area (Å²) in [6, 6.07) is 13.4. The summed E-state index contributed by atoms with van der Waals surface area (Å²) >= 11 is 1.70. The highest BCUT2D eigenvalue weighted by Crippen LogP contribution is 2.22. The summed E-state index contributed by atoms with van der Waals surface area (Å²) in [5.41, 5.74) is 2.18.